The van der Waals surface area contributed by atoms with Gasteiger partial charge in [-0.15, -0.1) is 0 Å². The molecule has 0 aliphatic rings. The van der Waals surface area contributed by atoms with Crippen molar-refractivity contribution in [3.8, 4) is 0 Å². The largest absolute Gasteiger partial charge is 0.443 e. The molecule has 0 saturated heterocycles. The smallest absolute Gasteiger partial charge is 0.422 e. The van der Waals surface area contributed by atoms with Gasteiger partial charge in [-0.1, -0.05) is 29.3 Å². The van der Waals surface area contributed by atoms with E-state index in [9.17, 15) is 4.79 Å². The van der Waals surface area contributed by atoms with Gasteiger partial charge in [0.25, 0.3) is 0 Å². The first-order valence-electron chi connectivity index (χ1n) is 5.44. The lowest BCUT2D eigenvalue weighted by Gasteiger charge is -2.19. The fourth-order valence-electron chi connectivity index (χ4n) is 1.18. The van der Waals surface area contributed by atoms with E-state index in [1.807, 2.05) is 0 Å². The molecule has 0 radical (unpaired) electrons. The molecule has 0 aliphatic carbocycles. The monoisotopic (exact) mass is 290 g/mol. The van der Waals surface area contributed by atoms with Crippen molar-refractivity contribution in [2.24, 2.45) is 0 Å². The van der Waals surface area contributed by atoms with E-state index in [0.717, 1.165) is 5.56 Å². The Hall–Kier alpha value is -0.970. The van der Waals surface area contributed by atoms with E-state index in [1.54, 1.807) is 39.0 Å². The highest BCUT2D eigenvalue weighted by molar-refractivity contribution is 6.35. The van der Waals surface area contributed by atoms with Gasteiger partial charge in [-0.3, -0.25) is 5.43 Å². The summed E-state index contributed by atoms with van der Waals surface area (Å²) in [5.74, 6) is 0. The third kappa shape index (κ3) is 5.58. The Morgan fingerprint density at radius 1 is 1.33 bits per heavy atom. The van der Waals surface area contributed by atoms with Gasteiger partial charge in [-0.2, -0.15) is 0 Å². The summed E-state index contributed by atoms with van der Waals surface area (Å²) < 4.78 is 5.06. The fraction of sp³-hybridized carbons (Fsp3) is 0.417. The number of amides is 1. The molecule has 4 nitrogen and oxygen atoms in total. The molecule has 6 heteroatoms. The normalized spacial score (nSPS) is 11.2. The lowest BCUT2D eigenvalue weighted by Crippen LogP contribution is -2.40. The van der Waals surface area contributed by atoms with Crippen molar-refractivity contribution < 1.29 is 9.53 Å². The van der Waals surface area contributed by atoms with Crippen molar-refractivity contribution in [3.63, 3.8) is 0 Å². The van der Waals surface area contributed by atoms with Crippen molar-refractivity contribution >= 4 is 29.3 Å². The van der Waals surface area contributed by atoms with Crippen LogP contribution in [0.5, 0.6) is 0 Å². The maximum Gasteiger partial charge on any atom is 0.422 e. The zero-order valence-corrected chi connectivity index (χ0v) is 12.0. The van der Waals surface area contributed by atoms with Gasteiger partial charge in [0.1, 0.15) is 5.60 Å². The van der Waals surface area contributed by atoms with Crippen molar-refractivity contribution in [1.29, 1.82) is 0 Å². The number of rotatable bonds is 3. The zero-order valence-electron chi connectivity index (χ0n) is 10.5. The van der Waals surface area contributed by atoms with Gasteiger partial charge in [-0.05, 0) is 38.5 Å². The second kappa shape index (κ2) is 6.27. The SMILES string of the molecule is CC(C)(C)OC(=O)NNCc1ccc(Cl)cc1Cl. The minimum atomic E-state index is -0.535. The summed E-state index contributed by atoms with van der Waals surface area (Å²) in [6.45, 7) is 5.77. The fourth-order valence-corrected chi connectivity index (χ4v) is 1.66. The molecule has 1 aromatic rings. The molecular weight excluding hydrogens is 275 g/mol. The van der Waals surface area contributed by atoms with Crippen LogP contribution in [-0.4, -0.2) is 11.7 Å². The van der Waals surface area contributed by atoms with Crippen LogP contribution in [0.3, 0.4) is 0 Å². The van der Waals surface area contributed by atoms with Crippen molar-refractivity contribution in [2.75, 3.05) is 0 Å². The van der Waals surface area contributed by atoms with Gasteiger partial charge >= 0.3 is 6.09 Å². The van der Waals surface area contributed by atoms with Crippen LogP contribution in [0.15, 0.2) is 18.2 Å². The molecule has 0 aromatic heterocycles. The van der Waals surface area contributed by atoms with Crippen molar-refractivity contribution in [3.05, 3.63) is 33.8 Å². The minimum Gasteiger partial charge on any atom is -0.443 e. The third-order valence-electron chi connectivity index (χ3n) is 1.88. The maximum absolute atomic E-state index is 11.3. The Balaban J connectivity index is 2.40. The molecule has 0 bridgehead atoms. The van der Waals surface area contributed by atoms with Crippen LogP contribution in [0.25, 0.3) is 0 Å². The highest BCUT2D eigenvalue weighted by Gasteiger charge is 2.15. The average molecular weight is 291 g/mol. The van der Waals surface area contributed by atoms with Gasteiger partial charge in [0.15, 0.2) is 0 Å². The van der Waals surface area contributed by atoms with Gasteiger partial charge in [-0.25, -0.2) is 10.2 Å². The van der Waals surface area contributed by atoms with Crippen LogP contribution >= 0.6 is 23.2 Å². The molecule has 0 aliphatic heterocycles. The quantitative estimate of drug-likeness (QED) is 0.838. The summed E-state index contributed by atoms with van der Waals surface area (Å²) in [6, 6.07) is 5.17. The summed E-state index contributed by atoms with van der Waals surface area (Å²) in [4.78, 5) is 11.3. The number of benzene rings is 1. The number of nitrogens with one attached hydrogen (secondary N) is 2. The number of hydrazine groups is 1. The molecule has 0 fully saturated rings. The van der Waals surface area contributed by atoms with Crippen LogP contribution in [0.4, 0.5) is 4.79 Å². The lowest BCUT2D eigenvalue weighted by molar-refractivity contribution is 0.0497. The van der Waals surface area contributed by atoms with E-state index in [4.69, 9.17) is 27.9 Å². The van der Waals surface area contributed by atoms with Crippen LogP contribution in [-0.2, 0) is 11.3 Å². The van der Waals surface area contributed by atoms with Crippen molar-refractivity contribution in [1.82, 2.24) is 10.9 Å². The highest BCUT2D eigenvalue weighted by Crippen LogP contribution is 2.20. The first kappa shape index (κ1) is 15.1. The van der Waals surface area contributed by atoms with Crippen molar-refractivity contribution in [2.45, 2.75) is 32.9 Å². The Bertz CT molecular complexity index is 431. The standard InChI is InChI=1S/C12H16Cl2N2O2/c1-12(2,3)18-11(17)16-15-7-8-4-5-9(13)6-10(8)14/h4-6,15H,7H2,1-3H3,(H,16,17). The molecule has 100 valence electrons. The molecule has 18 heavy (non-hydrogen) atoms. The minimum absolute atomic E-state index is 0.384. The predicted octanol–water partition coefficient (Wildman–Crippen LogP) is 3.52. The second-order valence-corrected chi connectivity index (χ2v) is 5.56. The molecule has 2 N–H and O–H groups in total. The third-order valence-corrected chi connectivity index (χ3v) is 2.47. The summed E-state index contributed by atoms with van der Waals surface area (Å²) in [5, 5.41) is 1.12. The number of carbonyl (C=O) groups is 1. The molecular formula is C12H16Cl2N2O2. The van der Waals surface area contributed by atoms with Gasteiger partial charge < -0.3 is 4.74 Å². The first-order chi connectivity index (χ1) is 8.28. The van der Waals surface area contributed by atoms with Crippen LogP contribution in [0.1, 0.15) is 26.3 Å². The second-order valence-electron chi connectivity index (χ2n) is 4.72. The highest BCUT2D eigenvalue weighted by atomic mass is 35.5. The van der Waals surface area contributed by atoms with Gasteiger partial charge in [0.2, 0.25) is 0 Å². The average Bonchev–Trinajstić information content (AvgIpc) is 2.18. The first-order valence-corrected chi connectivity index (χ1v) is 6.19. The van der Waals surface area contributed by atoms with Crippen LogP contribution in [0, 0.1) is 0 Å². The number of hydrogen-bond acceptors (Lipinski definition) is 3. The molecule has 0 atom stereocenters. The van der Waals surface area contributed by atoms with E-state index in [0.29, 0.717) is 16.6 Å². The molecule has 1 rings (SSSR count). The Morgan fingerprint density at radius 3 is 2.56 bits per heavy atom. The van der Waals surface area contributed by atoms with E-state index < -0.39 is 11.7 Å². The van der Waals surface area contributed by atoms with Crippen LogP contribution in [0.2, 0.25) is 10.0 Å². The number of carbonyl (C=O) groups excluding carboxylic acids is 1. The number of halogens is 2. The van der Waals surface area contributed by atoms with Gasteiger partial charge in [0, 0.05) is 16.6 Å². The summed E-state index contributed by atoms with van der Waals surface area (Å²) in [6.07, 6.45) is -0.535. The molecule has 0 saturated carbocycles. The Labute approximate surface area is 117 Å². The molecule has 1 aromatic carbocycles. The van der Waals surface area contributed by atoms with Crippen LogP contribution < -0.4 is 10.9 Å². The summed E-state index contributed by atoms with van der Waals surface area (Å²) >= 11 is 11.8. The number of ether oxygens (including phenoxy) is 1. The van der Waals surface area contributed by atoms with Gasteiger partial charge in [0.05, 0.1) is 0 Å². The molecule has 0 heterocycles. The number of hydrogen-bond donors (Lipinski definition) is 2. The summed E-state index contributed by atoms with van der Waals surface area (Å²) in [5.41, 5.74) is 5.47. The Kier molecular flexibility index (Phi) is 5.26. The molecule has 1 amide bonds. The maximum atomic E-state index is 11.3. The molecule has 0 unspecified atom stereocenters. The summed E-state index contributed by atoms with van der Waals surface area (Å²) in [7, 11) is 0. The predicted molar refractivity (Wildman–Crippen MR) is 72.7 cm³/mol. The topological polar surface area (TPSA) is 50.4 Å². The molecule has 0 spiro atoms. The van der Waals surface area contributed by atoms with E-state index in [-0.39, 0.29) is 0 Å². The van der Waals surface area contributed by atoms with E-state index in [1.165, 1.54) is 0 Å². The van der Waals surface area contributed by atoms with E-state index in [2.05, 4.69) is 10.9 Å². The lowest BCUT2D eigenvalue weighted by atomic mass is 10.2. The van der Waals surface area contributed by atoms with E-state index >= 15 is 0 Å². The Morgan fingerprint density at radius 2 is 2.00 bits per heavy atom. The zero-order chi connectivity index (χ0) is 13.8.